The Kier molecular flexibility index (Phi) is 6.05. The second kappa shape index (κ2) is 8.87. The van der Waals surface area contributed by atoms with E-state index in [1.807, 2.05) is 30.5 Å². The van der Waals surface area contributed by atoms with Crippen molar-refractivity contribution in [3.05, 3.63) is 59.5 Å². The number of unbranched alkanes of at least 4 members (excludes halogenated alkanes) is 1. The number of fused-ring (bicyclic) bond motifs is 2. The summed E-state index contributed by atoms with van der Waals surface area (Å²) in [6.45, 7) is 4.96. The first kappa shape index (κ1) is 19.8. The van der Waals surface area contributed by atoms with Crippen molar-refractivity contribution in [2.24, 2.45) is 0 Å². The number of aromatic nitrogens is 1. The first-order chi connectivity index (χ1) is 14.2. The number of nitrogens with one attached hydrogen (secondary N) is 1. The van der Waals surface area contributed by atoms with Crippen LogP contribution in [0.3, 0.4) is 0 Å². The highest BCUT2D eigenvalue weighted by atomic mass is 19.1. The maximum atomic E-state index is 13.6. The Labute approximate surface area is 171 Å². The molecule has 154 valence electrons. The zero-order valence-electron chi connectivity index (χ0n) is 17.2. The van der Waals surface area contributed by atoms with Gasteiger partial charge in [0.1, 0.15) is 23.9 Å². The molecule has 0 saturated heterocycles. The molecule has 1 N–H and O–H groups in total. The van der Waals surface area contributed by atoms with Gasteiger partial charge in [-0.1, -0.05) is 13.0 Å². The van der Waals surface area contributed by atoms with E-state index in [-0.39, 0.29) is 5.82 Å². The van der Waals surface area contributed by atoms with E-state index in [0.29, 0.717) is 6.04 Å². The van der Waals surface area contributed by atoms with Crippen molar-refractivity contribution < 1.29 is 13.9 Å². The molecule has 0 radical (unpaired) electrons. The minimum atomic E-state index is -0.177. The largest absolute Gasteiger partial charge is 0.496 e. The SMILES string of the molecule is CCN(CCCCc1c[nH]c2ccc(F)cc12)C1COc2cccc(OC)c2C1. The minimum Gasteiger partial charge on any atom is -0.496 e. The number of benzene rings is 2. The number of aromatic amines is 1. The minimum absolute atomic E-state index is 0.177. The van der Waals surface area contributed by atoms with Crippen LogP contribution in [0.15, 0.2) is 42.6 Å². The molecule has 1 atom stereocenters. The summed E-state index contributed by atoms with van der Waals surface area (Å²) in [7, 11) is 1.72. The molecule has 1 aliphatic rings. The number of hydrogen-bond donors (Lipinski definition) is 1. The molecular formula is C24H29FN2O2. The molecule has 4 nitrogen and oxygen atoms in total. The van der Waals surface area contributed by atoms with Crippen LogP contribution in [0.1, 0.15) is 30.9 Å². The van der Waals surface area contributed by atoms with E-state index in [2.05, 4.69) is 16.8 Å². The average molecular weight is 397 g/mol. The van der Waals surface area contributed by atoms with Gasteiger partial charge in [-0.15, -0.1) is 0 Å². The van der Waals surface area contributed by atoms with Crippen molar-refractivity contribution in [1.29, 1.82) is 0 Å². The molecule has 4 rings (SSSR count). The number of halogens is 1. The predicted molar refractivity (Wildman–Crippen MR) is 114 cm³/mol. The van der Waals surface area contributed by atoms with Gasteiger partial charge in [0, 0.05) is 28.7 Å². The topological polar surface area (TPSA) is 37.5 Å². The molecule has 1 aliphatic heterocycles. The highest BCUT2D eigenvalue weighted by molar-refractivity contribution is 5.83. The maximum absolute atomic E-state index is 13.6. The number of H-pyrrole nitrogens is 1. The standard InChI is InChI=1S/C24H29FN2O2/c1-3-27(19-14-21-23(28-2)8-6-9-24(21)29-16-19)12-5-4-7-17-15-26-22-11-10-18(25)13-20(17)22/h6,8-11,13,15,19,26H,3-5,7,12,14,16H2,1-2H3. The van der Waals surface area contributed by atoms with Crippen molar-refractivity contribution in [1.82, 2.24) is 9.88 Å². The number of methoxy groups -OCH3 is 1. The van der Waals surface area contributed by atoms with Crippen molar-refractivity contribution in [3.8, 4) is 11.5 Å². The van der Waals surface area contributed by atoms with Crippen LogP contribution in [0.4, 0.5) is 4.39 Å². The maximum Gasteiger partial charge on any atom is 0.126 e. The monoisotopic (exact) mass is 396 g/mol. The first-order valence-corrected chi connectivity index (χ1v) is 10.5. The van der Waals surface area contributed by atoms with Gasteiger partial charge in [-0.3, -0.25) is 4.90 Å². The fourth-order valence-corrected chi connectivity index (χ4v) is 4.37. The summed E-state index contributed by atoms with van der Waals surface area (Å²) in [6, 6.07) is 11.3. The third-order valence-corrected chi connectivity index (χ3v) is 5.97. The Balaban J connectivity index is 1.33. The van der Waals surface area contributed by atoms with Crippen LogP contribution < -0.4 is 9.47 Å². The van der Waals surface area contributed by atoms with Gasteiger partial charge in [0.2, 0.25) is 0 Å². The molecule has 1 unspecified atom stereocenters. The normalized spacial score (nSPS) is 16.1. The third-order valence-electron chi connectivity index (χ3n) is 5.97. The summed E-state index contributed by atoms with van der Waals surface area (Å²) in [5.41, 5.74) is 3.37. The summed E-state index contributed by atoms with van der Waals surface area (Å²) >= 11 is 0. The molecule has 0 amide bonds. The van der Waals surface area contributed by atoms with E-state index in [1.54, 1.807) is 13.2 Å². The summed E-state index contributed by atoms with van der Waals surface area (Å²) in [4.78, 5) is 5.75. The molecule has 5 heteroatoms. The van der Waals surface area contributed by atoms with Crippen LogP contribution >= 0.6 is 0 Å². The number of hydrogen-bond acceptors (Lipinski definition) is 3. The lowest BCUT2D eigenvalue weighted by molar-refractivity contribution is 0.121. The van der Waals surface area contributed by atoms with Gasteiger partial charge in [0.15, 0.2) is 0 Å². The van der Waals surface area contributed by atoms with Gasteiger partial charge in [0.25, 0.3) is 0 Å². The Bertz CT molecular complexity index is 954. The molecule has 1 aromatic heterocycles. The van der Waals surface area contributed by atoms with Gasteiger partial charge in [-0.25, -0.2) is 4.39 Å². The molecule has 29 heavy (non-hydrogen) atoms. The molecule has 0 fully saturated rings. The van der Waals surface area contributed by atoms with E-state index in [9.17, 15) is 4.39 Å². The molecule has 0 saturated carbocycles. The first-order valence-electron chi connectivity index (χ1n) is 10.5. The van der Waals surface area contributed by atoms with Gasteiger partial charge < -0.3 is 14.5 Å². The zero-order valence-corrected chi connectivity index (χ0v) is 17.2. The Morgan fingerprint density at radius 3 is 2.97 bits per heavy atom. The highest BCUT2D eigenvalue weighted by Gasteiger charge is 2.26. The van der Waals surface area contributed by atoms with Crippen LogP contribution in [0.25, 0.3) is 10.9 Å². The van der Waals surface area contributed by atoms with E-state index < -0.39 is 0 Å². The van der Waals surface area contributed by atoms with Crippen LogP contribution in [0.5, 0.6) is 11.5 Å². The van der Waals surface area contributed by atoms with Crippen LogP contribution in [0.2, 0.25) is 0 Å². The molecule has 0 spiro atoms. The highest BCUT2D eigenvalue weighted by Crippen LogP contribution is 2.34. The van der Waals surface area contributed by atoms with Crippen molar-refractivity contribution >= 4 is 10.9 Å². The van der Waals surface area contributed by atoms with Gasteiger partial charge in [-0.05, 0) is 74.7 Å². The Hall–Kier alpha value is -2.53. The van der Waals surface area contributed by atoms with Crippen LogP contribution in [-0.4, -0.2) is 42.7 Å². The van der Waals surface area contributed by atoms with Gasteiger partial charge >= 0.3 is 0 Å². The Morgan fingerprint density at radius 2 is 2.14 bits per heavy atom. The number of aryl methyl sites for hydroxylation is 1. The molecular weight excluding hydrogens is 367 g/mol. The second-order valence-corrected chi connectivity index (χ2v) is 7.70. The predicted octanol–water partition coefficient (Wildman–Crippen LogP) is 4.96. The summed E-state index contributed by atoms with van der Waals surface area (Å²) in [5, 5.41) is 1.00. The van der Waals surface area contributed by atoms with Gasteiger partial charge in [-0.2, -0.15) is 0 Å². The molecule has 0 aliphatic carbocycles. The lowest BCUT2D eigenvalue weighted by Crippen LogP contribution is -2.43. The van der Waals surface area contributed by atoms with E-state index in [0.717, 1.165) is 67.8 Å². The molecule has 2 aromatic carbocycles. The van der Waals surface area contributed by atoms with E-state index in [4.69, 9.17) is 9.47 Å². The zero-order chi connectivity index (χ0) is 20.2. The average Bonchev–Trinajstić information content (AvgIpc) is 3.15. The lowest BCUT2D eigenvalue weighted by atomic mass is 9.99. The second-order valence-electron chi connectivity index (χ2n) is 7.70. The van der Waals surface area contributed by atoms with Crippen molar-refractivity contribution in [2.45, 2.75) is 38.6 Å². The van der Waals surface area contributed by atoms with E-state index >= 15 is 0 Å². The van der Waals surface area contributed by atoms with Crippen LogP contribution in [-0.2, 0) is 12.8 Å². The fourth-order valence-electron chi connectivity index (χ4n) is 4.37. The number of rotatable bonds is 8. The number of ether oxygens (including phenoxy) is 2. The van der Waals surface area contributed by atoms with E-state index in [1.165, 1.54) is 17.2 Å². The number of nitrogens with zero attached hydrogens (tertiary/aromatic N) is 1. The molecule has 2 heterocycles. The number of likely N-dealkylation sites (N-methyl/N-ethyl adjacent to an activating group) is 1. The molecule has 3 aromatic rings. The quantitative estimate of drug-likeness (QED) is 0.547. The summed E-state index contributed by atoms with van der Waals surface area (Å²) in [6.07, 6.45) is 6.10. The fraction of sp³-hybridized carbons (Fsp3) is 0.417. The smallest absolute Gasteiger partial charge is 0.126 e. The van der Waals surface area contributed by atoms with Crippen molar-refractivity contribution in [2.75, 3.05) is 26.8 Å². The molecule has 0 bridgehead atoms. The summed E-state index contributed by atoms with van der Waals surface area (Å²) in [5.74, 6) is 1.68. The summed E-state index contributed by atoms with van der Waals surface area (Å²) < 4.78 is 25.1. The van der Waals surface area contributed by atoms with Crippen molar-refractivity contribution in [3.63, 3.8) is 0 Å². The third kappa shape index (κ3) is 4.25. The Morgan fingerprint density at radius 1 is 1.24 bits per heavy atom. The van der Waals surface area contributed by atoms with Gasteiger partial charge in [0.05, 0.1) is 7.11 Å². The lowest BCUT2D eigenvalue weighted by Gasteiger charge is -2.35. The van der Waals surface area contributed by atoms with Crippen LogP contribution in [0, 0.1) is 5.82 Å².